The average Bonchev–Trinajstić information content (AvgIpc) is 3.06. The van der Waals surface area contributed by atoms with Crippen molar-refractivity contribution in [3.63, 3.8) is 0 Å². The maximum absolute atomic E-state index is 10.7. The Morgan fingerprint density at radius 3 is 2.70 bits per heavy atom. The topological polar surface area (TPSA) is 71.2 Å². The molecule has 0 bridgehead atoms. The summed E-state index contributed by atoms with van der Waals surface area (Å²) in [5.41, 5.74) is 0. The summed E-state index contributed by atoms with van der Waals surface area (Å²) in [4.78, 5) is 13.1. The molecule has 112 valence electrons. The van der Waals surface area contributed by atoms with E-state index < -0.39 is 5.97 Å². The third kappa shape index (κ3) is 4.21. The molecule has 1 aliphatic rings. The van der Waals surface area contributed by atoms with Crippen LogP contribution in [0.25, 0.3) is 0 Å². The number of nitrogens with zero attached hydrogens (tertiary/aromatic N) is 4. The molecule has 0 atom stereocenters. The molecule has 7 heteroatoms. The normalized spacial score (nSPS) is 15.8. The number of thioether (sulfide) groups is 1. The molecular weight excluding hydrogens is 276 g/mol. The number of carboxylic acid groups (broad SMARTS) is 1. The van der Waals surface area contributed by atoms with Gasteiger partial charge in [-0.05, 0) is 38.9 Å². The fraction of sp³-hybridized carbons (Fsp3) is 0.769. The van der Waals surface area contributed by atoms with Gasteiger partial charge >= 0.3 is 5.97 Å². The summed E-state index contributed by atoms with van der Waals surface area (Å²) in [6.07, 6.45) is 4.51. The molecule has 2 heterocycles. The number of aliphatic carboxylic acids is 1. The zero-order valence-corrected chi connectivity index (χ0v) is 12.7. The molecule has 0 unspecified atom stereocenters. The van der Waals surface area contributed by atoms with E-state index >= 15 is 0 Å². The van der Waals surface area contributed by atoms with Crippen molar-refractivity contribution in [2.24, 2.45) is 0 Å². The molecule has 6 nitrogen and oxygen atoms in total. The molecule has 0 spiro atoms. The van der Waals surface area contributed by atoms with Crippen molar-refractivity contribution in [3.05, 3.63) is 5.82 Å². The summed E-state index contributed by atoms with van der Waals surface area (Å²) < 4.78 is 2.07. The van der Waals surface area contributed by atoms with Gasteiger partial charge in [0.05, 0.1) is 5.75 Å². The Morgan fingerprint density at radius 1 is 1.30 bits per heavy atom. The first-order chi connectivity index (χ1) is 9.70. The van der Waals surface area contributed by atoms with Crippen LogP contribution < -0.4 is 0 Å². The van der Waals surface area contributed by atoms with Crippen LogP contribution in [0.15, 0.2) is 5.16 Å². The van der Waals surface area contributed by atoms with Crippen LogP contribution in [0.5, 0.6) is 0 Å². The maximum Gasteiger partial charge on any atom is 0.313 e. The molecule has 1 saturated heterocycles. The van der Waals surface area contributed by atoms with Gasteiger partial charge in [0.25, 0.3) is 0 Å². The Bertz CT molecular complexity index is 444. The highest BCUT2D eigenvalue weighted by atomic mass is 32.2. The predicted molar refractivity (Wildman–Crippen MR) is 78.1 cm³/mol. The summed E-state index contributed by atoms with van der Waals surface area (Å²) in [6.45, 7) is 6.44. The molecule has 0 radical (unpaired) electrons. The molecule has 20 heavy (non-hydrogen) atoms. The van der Waals surface area contributed by atoms with Gasteiger partial charge in [-0.25, -0.2) is 0 Å². The summed E-state index contributed by atoms with van der Waals surface area (Å²) in [5, 5.41) is 17.7. The highest BCUT2D eigenvalue weighted by Gasteiger charge is 2.14. The molecule has 1 N–H and O–H groups in total. The van der Waals surface area contributed by atoms with E-state index in [1.54, 1.807) is 0 Å². The lowest BCUT2D eigenvalue weighted by atomic mass is 10.3. The lowest BCUT2D eigenvalue weighted by molar-refractivity contribution is -0.133. The van der Waals surface area contributed by atoms with Crippen molar-refractivity contribution in [1.82, 2.24) is 19.7 Å². The zero-order valence-electron chi connectivity index (χ0n) is 11.9. The molecule has 1 aliphatic heterocycles. The molecule has 0 aliphatic carbocycles. The molecule has 1 aromatic heterocycles. The van der Waals surface area contributed by atoms with Crippen LogP contribution in [0, 0.1) is 0 Å². The number of carboxylic acids is 1. The van der Waals surface area contributed by atoms with E-state index in [0.717, 1.165) is 36.9 Å². The Morgan fingerprint density at radius 2 is 2.05 bits per heavy atom. The van der Waals surface area contributed by atoms with Gasteiger partial charge in [0.1, 0.15) is 5.82 Å². The van der Waals surface area contributed by atoms with Gasteiger partial charge in [0.2, 0.25) is 0 Å². The number of aryl methyl sites for hydroxylation is 1. The predicted octanol–water partition coefficient (Wildman–Crippen LogP) is 1.50. The van der Waals surface area contributed by atoms with Crippen LogP contribution in [0.1, 0.15) is 32.0 Å². The first kappa shape index (κ1) is 15.3. The van der Waals surface area contributed by atoms with Crippen LogP contribution in [-0.2, 0) is 17.8 Å². The molecular formula is C13H22N4O2S. The third-order valence-electron chi connectivity index (χ3n) is 3.49. The fourth-order valence-corrected chi connectivity index (χ4v) is 3.20. The van der Waals surface area contributed by atoms with Gasteiger partial charge in [-0.3, -0.25) is 4.79 Å². The standard InChI is InChI=1S/C13H22N4O2S/c1-2-11-14-15-13(20-10-12(18)19)17(11)9-5-8-16-6-3-4-7-16/h2-10H2,1H3,(H,18,19). The summed E-state index contributed by atoms with van der Waals surface area (Å²) >= 11 is 1.25. The fourth-order valence-electron chi connectivity index (χ4n) is 2.50. The van der Waals surface area contributed by atoms with Gasteiger partial charge in [0.15, 0.2) is 5.16 Å². The first-order valence-corrected chi connectivity index (χ1v) is 8.18. The molecule has 1 aromatic rings. The van der Waals surface area contributed by atoms with E-state index in [0.29, 0.717) is 0 Å². The van der Waals surface area contributed by atoms with Gasteiger partial charge in [-0.15, -0.1) is 10.2 Å². The SMILES string of the molecule is CCc1nnc(SCC(=O)O)n1CCCN1CCCC1. The number of hydrogen-bond acceptors (Lipinski definition) is 5. The van der Waals surface area contributed by atoms with E-state index in [4.69, 9.17) is 5.11 Å². The Kier molecular flexibility index (Phi) is 5.85. The minimum atomic E-state index is -0.820. The summed E-state index contributed by atoms with van der Waals surface area (Å²) in [7, 11) is 0. The first-order valence-electron chi connectivity index (χ1n) is 7.19. The second-order valence-corrected chi connectivity index (χ2v) is 5.93. The Balaban J connectivity index is 1.89. The number of rotatable bonds is 8. The van der Waals surface area contributed by atoms with E-state index in [1.165, 1.54) is 37.7 Å². The van der Waals surface area contributed by atoms with E-state index in [-0.39, 0.29) is 5.75 Å². The number of aromatic nitrogens is 3. The minimum absolute atomic E-state index is 0.0357. The van der Waals surface area contributed by atoms with Crippen molar-refractivity contribution < 1.29 is 9.90 Å². The third-order valence-corrected chi connectivity index (χ3v) is 4.44. The zero-order chi connectivity index (χ0) is 14.4. The van der Waals surface area contributed by atoms with Crippen LogP contribution >= 0.6 is 11.8 Å². The lowest BCUT2D eigenvalue weighted by Gasteiger charge is -2.15. The molecule has 0 aromatic carbocycles. The highest BCUT2D eigenvalue weighted by Crippen LogP contribution is 2.18. The van der Waals surface area contributed by atoms with Gasteiger partial charge in [0, 0.05) is 13.0 Å². The number of carbonyl (C=O) groups is 1. The summed E-state index contributed by atoms with van der Waals surface area (Å²) in [6, 6.07) is 0. The van der Waals surface area contributed by atoms with Crippen molar-refractivity contribution >= 4 is 17.7 Å². The van der Waals surface area contributed by atoms with Gasteiger partial charge in [-0.2, -0.15) is 0 Å². The van der Waals surface area contributed by atoms with E-state index in [2.05, 4.69) is 19.7 Å². The average molecular weight is 298 g/mol. The quantitative estimate of drug-likeness (QED) is 0.733. The highest BCUT2D eigenvalue weighted by molar-refractivity contribution is 7.99. The second-order valence-electron chi connectivity index (χ2n) is 4.99. The van der Waals surface area contributed by atoms with Gasteiger partial charge < -0.3 is 14.6 Å². The Hall–Kier alpha value is -1.08. The smallest absolute Gasteiger partial charge is 0.313 e. The van der Waals surface area contributed by atoms with Crippen LogP contribution in [0.4, 0.5) is 0 Å². The van der Waals surface area contributed by atoms with Crippen LogP contribution in [0.2, 0.25) is 0 Å². The van der Waals surface area contributed by atoms with Crippen molar-refractivity contribution in [1.29, 1.82) is 0 Å². The van der Waals surface area contributed by atoms with E-state index in [1.807, 2.05) is 6.92 Å². The van der Waals surface area contributed by atoms with Crippen molar-refractivity contribution in [2.75, 3.05) is 25.4 Å². The van der Waals surface area contributed by atoms with Crippen LogP contribution in [-0.4, -0.2) is 56.1 Å². The number of likely N-dealkylation sites (tertiary alicyclic amines) is 1. The molecule has 0 amide bonds. The summed E-state index contributed by atoms with van der Waals surface area (Å²) in [5.74, 6) is 0.160. The van der Waals surface area contributed by atoms with Crippen molar-refractivity contribution in [3.8, 4) is 0 Å². The van der Waals surface area contributed by atoms with E-state index in [9.17, 15) is 4.79 Å². The van der Waals surface area contributed by atoms with Gasteiger partial charge in [-0.1, -0.05) is 18.7 Å². The molecule has 2 rings (SSSR count). The molecule has 0 saturated carbocycles. The van der Waals surface area contributed by atoms with Crippen LogP contribution in [0.3, 0.4) is 0 Å². The Labute approximate surface area is 123 Å². The monoisotopic (exact) mass is 298 g/mol. The largest absolute Gasteiger partial charge is 0.481 e. The van der Waals surface area contributed by atoms with Crippen molar-refractivity contribution in [2.45, 2.75) is 44.3 Å². The minimum Gasteiger partial charge on any atom is -0.481 e. The molecule has 1 fully saturated rings. The lowest BCUT2D eigenvalue weighted by Crippen LogP contribution is -2.22. The number of hydrogen-bond donors (Lipinski definition) is 1. The second kappa shape index (κ2) is 7.64. The maximum atomic E-state index is 10.7.